The highest BCUT2D eigenvalue weighted by Gasteiger charge is 2.06. The maximum Gasteiger partial charge on any atom is 0.304 e. The van der Waals surface area contributed by atoms with E-state index in [4.69, 9.17) is 5.11 Å². The fourth-order valence-electron chi connectivity index (χ4n) is 0.314. The van der Waals surface area contributed by atoms with Crippen LogP contribution >= 0.6 is 0 Å². The Morgan fingerprint density at radius 3 is 2.44 bits per heavy atom. The van der Waals surface area contributed by atoms with E-state index in [2.05, 4.69) is 0 Å². The van der Waals surface area contributed by atoms with E-state index in [9.17, 15) is 13.6 Å². The summed E-state index contributed by atoms with van der Waals surface area (Å²) in [6, 6.07) is 0. The van der Waals surface area contributed by atoms with E-state index in [-0.39, 0.29) is 6.42 Å². The summed E-state index contributed by atoms with van der Waals surface area (Å²) in [7, 11) is 0. The number of hydrogen-bond acceptors (Lipinski definition) is 3. The second kappa shape index (κ2) is 3.58. The number of carbonyl (C=O) groups is 1. The van der Waals surface area contributed by atoms with Crippen LogP contribution in [0.3, 0.4) is 0 Å². The molecule has 0 aliphatic heterocycles. The first-order chi connectivity index (χ1) is 4.04. The lowest BCUT2D eigenvalue weighted by molar-refractivity contribution is -0.136. The van der Waals surface area contributed by atoms with Crippen LogP contribution in [0.25, 0.3) is 0 Å². The zero-order valence-corrected chi connectivity index (χ0v) is 5.68. The minimum atomic E-state index is -2.26. The second-order valence-electron chi connectivity index (χ2n) is 1.67. The molecule has 0 bridgehead atoms. The smallest absolute Gasteiger partial charge is 0.304 e. The lowest BCUT2D eigenvalue weighted by atomic mass is 10.3. The van der Waals surface area contributed by atoms with Crippen LogP contribution in [0.4, 0.5) is 0 Å². The molecule has 9 heavy (non-hydrogen) atoms. The van der Waals surface area contributed by atoms with E-state index >= 15 is 0 Å². The first-order valence-corrected chi connectivity index (χ1v) is 3.47. The van der Waals surface area contributed by atoms with Crippen molar-refractivity contribution in [1.29, 1.82) is 0 Å². The van der Waals surface area contributed by atoms with Gasteiger partial charge in [0.2, 0.25) is 0 Å². The quantitative estimate of drug-likeness (QED) is 0.563. The molecule has 0 aromatic rings. The molecule has 0 spiro atoms. The highest BCUT2D eigenvalue weighted by molar-refractivity contribution is 7.79. The van der Waals surface area contributed by atoms with Crippen molar-refractivity contribution in [3.05, 3.63) is 0 Å². The molecule has 1 N–H and O–H groups in total. The van der Waals surface area contributed by atoms with Crippen LogP contribution < -0.4 is 0 Å². The number of aliphatic carboxylic acids is 1. The van der Waals surface area contributed by atoms with E-state index in [1.807, 2.05) is 0 Å². The highest BCUT2D eigenvalue weighted by atomic mass is 32.2. The van der Waals surface area contributed by atoms with Crippen molar-refractivity contribution >= 4 is 17.0 Å². The maximum absolute atomic E-state index is 9.97. The number of carboxylic acid groups (broad SMARTS) is 1. The van der Waals surface area contributed by atoms with Crippen LogP contribution in [0.5, 0.6) is 0 Å². The van der Waals surface area contributed by atoms with Gasteiger partial charge in [-0.05, 0) is 0 Å². The van der Waals surface area contributed by atoms with Crippen LogP contribution in [0.1, 0.15) is 13.3 Å². The normalized spacial score (nSPS) is 16.7. The fraction of sp³-hybridized carbons (Fsp3) is 0.750. The zero-order chi connectivity index (χ0) is 7.44. The molecule has 0 amide bonds. The topological polar surface area (TPSA) is 77.4 Å². The zero-order valence-electron chi connectivity index (χ0n) is 4.86. The first kappa shape index (κ1) is 8.58. The third kappa shape index (κ3) is 4.11. The molecular formula is C4H7O4S-. The van der Waals surface area contributed by atoms with E-state index in [1.54, 1.807) is 0 Å². The Bertz CT molecular complexity index is 133. The Labute approximate surface area is 55.2 Å². The van der Waals surface area contributed by atoms with Crippen molar-refractivity contribution in [1.82, 2.24) is 0 Å². The van der Waals surface area contributed by atoms with Gasteiger partial charge in [-0.3, -0.25) is 9.00 Å². The molecule has 0 radical (unpaired) electrons. The van der Waals surface area contributed by atoms with Crippen LogP contribution in [0.15, 0.2) is 0 Å². The molecule has 2 unspecified atom stereocenters. The third-order valence-corrected chi connectivity index (χ3v) is 1.61. The van der Waals surface area contributed by atoms with Crippen molar-refractivity contribution in [3.8, 4) is 0 Å². The van der Waals surface area contributed by atoms with Crippen molar-refractivity contribution in [3.63, 3.8) is 0 Å². The molecule has 0 fully saturated rings. The molecule has 54 valence electrons. The molecule has 0 saturated carbocycles. The Hall–Kier alpha value is -0.420. The predicted octanol–water partition coefficient (Wildman–Crippen LogP) is -0.271. The maximum atomic E-state index is 9.97. The summed E-state index contributed by atoms with van der Waals surface area (Å²) >= 11 is -2.26. The van der Waals surface area contributed by atoms with Crippen molar-refractivity contribution in [2.45, 2.75) is 18.6 Å². The Kier molecular flexibility index (Phi) is 3.41. The average Bonchev–Trinajstić information content (AvgIpc) is 1.63. The van der Waals surface area contributed by atoms with Crippen molar-refractivity contribution in [2.75, 3.05) is 0 Å². The summed E-state index contributed by atoms with van der Waals surface area (Å²) in [5, 5.41) is 7.27. The lowest BCUT2D eigenvalue weighted by Gasteiger charge is -2.10. The molecular weight excluding hydrogens is 144 g/mol. The molecule has 0 aromatic heterocycles. The molecule has 5 heteroatoms. The van der Waals surface area contributed by atoms with Gasteiger partial charge in [0.15, 0.2) is 0 Å². The van der Waals surface area contributed by atoms with Gasteiger partial charge >= 0.3 is 5.97 Å². The summed E-state index contributed by atoms with van der Waals surface area (Å²) in [6.45, 7) is 1.34. The number of carboxylic acids is 1. The lowest BCUT2D eigenvalue weighted by Crippen LogP contribution is -2.14. The summed E-state index contributed by atoms with van der Waals surface area (Å²) in [4.78, 5) is 9.84. The Balaban J connectivity index is 3.63. The van der Waals surface area contributed by atoms with Crippen molar-refractivity contribution < 1.29 is 18.7 Å². The molecule has 0 aliphatic rings. The monoisotopic (exact) mass is 151 g/mol. The van der Waals surface area contributed by atoms with Gasteiger partial charge in [0.25, 0.3) is 0 Å². The van der Waals surface area contributed by atoms with E-state index < -0.39 is 22.3 Å². The average molecular weight is 151 g/mol. The van der Waals surface area contributed by atoms with E-state index in [1.165, 1.54) is 6.92 Å². The number of rotatable bonds is 3. The summed E-state index contributed by atoms with van der Waals surface area (Å²) in [6.07, 6.45) is -0.323. The first-order valence-electron chi connectivity index (χ1n) is 2.34. The fourth-order valence-corrected chi connectivity index (χ4v) is 0.593. The van der Waals surface area contributed by atoms with Crippen LogP contribution in [-0.4, -0.2) is 25.1 Å². The molecule has 0 saturated heterocycles. The third-order valence-electron chi connectivity index (χ3n) is 0.791. The van der Waals surface area contributed by atoms with Gasteiger partial charge in [0.05, 0.1) is 6.42 Å². The largest absolute Gasteiger partial charge is 0.772 e. The van der Waals surface area contributed by atoms with E-state index in [0.29, 0.717) is 0 Å². The Morgan fingerprint density at radius 1 is 1.89 bits per heavy atom. The van der Waals surface area contributed by atoms with Gasteiger partial charge in [-0.15, -0.1) is 0 Å². The number of hydrogen-bond donors (Lipinski definition) is 1. The van der Waals surface area contributed by atoms with Gasteiger partial charge < -0.3 is 9.66 Å². The van der Waals surface area contributed by atoms with Crippen LogP contribution in [-0.2, 0) is 15.9 Å². The molecule has 2 atom stereocenters. The van der Waals surface area contributed by atoms with Crippen molar-refractivity contribution in [2.24, 2.45) is 0 Å². The molecule has 0 aromatic carbocycles. The Morgan fingerprint density at radius 2 is 2.33 bits per heavy atom. The summed E-state index contributed by atoms with van der Waals surface area (Å²) in [5.41, 5.74) is 0. The minimum absolute atomic E-state index is 0.323. The van der Waals surface area contributed by atoms with Gasteiger partial charge in [0, 0.05) is 5.25 Å². The summed E-state index contributed by atoms with van der Waals surface area (Å²) in [5.74, 6) is -1.09. The van der Waals surface area contributed by atoms with Gasteiger partial charge in [-0.2, -0.15) is 0 Å². The van der Waals surface area contributed by atoms with Gasteiger partial charge in [0.1, 0.15) is 0 Å². The second-order valence-corrected chi connectivity index (χ2v) is 2.99. The summed E-state index contributed by atoms with van der Waals surface area (Å²) < 4.78 is 19.9. The van der Waals surface area contributed by atoms with Gasteiger partial charge in [-0.1, -0.05) is 18.0 Å². The van der Waals surface area contributed by atoms with Crippen LogP contribution in [0, 0.1) is 0 Å². The minimum Gasteiger partial charge on any atom is -0.772 e. The molecule has 0 rings (SSSR count). The molecule has 4 nitrogen and oxygen atoms in total. The van der Waals surface area contributed by atoms with E-state index in [0.717, 1.165) is 0 Å². The highest BCUT2D eigenvalue weighted by Crippen LogP contribution is 1.96. The van der Waals surface area contributed by atoms with Crippen LogP contribution in [0.2, 0.25) is 0 Å². The molecule has 0 aliphatic carbocycles. The predicted molar refractivity (Wildman–Crippen MR) is 30.6 cm³/mol. The SMILES string of the molecule is CC(CC(=O)O)S(=O)[O-]. The standard InChI is InChI=1S/C4H8O4S/c1-3(9(7)8)2-4(5)6/h3H,2H2,1H3,(H,5,6)(H,7,8)/p-1. The van der Waals surface area contributed by atoms with Gasteiger partial charge in [-0.25, -0.2) is 0 Å². The molecule has 0 heterocycles.